The molecular formula is C21H21F2NO7. The molecule has 0 unspecified atom stereocenters. The van der Waals surface area contributed by atoms with Gasteiger partial charge in [0, 0.05) is 12.4 Å². The van der Waals surface area contributed by atoms with Crippen LogP contribution >= 0.6 is 0 Å². The van der Waals surface area contributed by atoms with Crippen molar-refractivity contribution >= 4 is 35.0 Å². The first kappa shape index (κ1) is 23.7. The molecule has 2 aromatic rings. The van der Waals surface area contributed by atoms with Crippen molar-refractivity contribution < 1.29 is 37.4 Å². The van der Waals surface area contributed by atoms with Gasteiger partial charge in [-0.25, -0.2) is 13.6 Å². The first-order valence-electron chi connectivity index (χ1n) is 9.42. The SMILES string of the molecule is C=Cn1cc(C(=O)OCC)c(=O)c2cc(F)c(C(C(=O)OCC)C(=O)OCC)c(F)c21. The number of rotatable bonds is 8. The molecule has 0 saturated carbocycles. The Morgan fingerprint density at radius 1 is 1.06 bits per heavy atom. The van der Waals surface area contributed by atoms with Crippen molar-refractivity contribution in [2.24, 2.45) is 0 Å². The third-order valence-electron chi connectivity index (χ3n) is 4.27. The van der Waals surface area contributed by atoms with Crippen molar-refractivity contribution in [3.8, 4) is 0 Å². The highest BCUT2D eigenvalue weighted by atomic mass is 19.1. The summed E-state index contributed by atoms with van der Waals surface area (Å²) in [5, 5.41) is -0.504. The number of aromatic nitrogens is 1. The van der Waals surface area contributed by atoms with E-state index in [1.54, 1.807) is 0 Å². The van der Waals surface area contributed by atoms with E-state index in [-0.39, 0.29) is 19.8 Å². The fourth-order valence-electron chi connectivity index (χ4n) is 3.00. The van der Waals surface area contributed by atoms with Crippen LogP contribution in [0.5, 0.6) is 0 Å². The van der Waals surface area contributed by atoms with Crippen molar-refractivity contribution in [2.45, 2.75) is 26.7 Å². The van der Waals surface area contributed by atoms with E-state index >= 15 is 4.39 Å². The molecule has 1 heterocycles. The molecule has 0 fully saturated rings. The van der Waals surface area contributed by atoms with E-state index in [1.807, 2.05) is 0 Å². The van der Waals surface area contributed by atoms with Gasteiger partial charge in [-0.15, -0.1) is 0 Å². The lowest BCUT2D eigenvalue weighted by atomic mass is 9.95. The third-order valence-corrected chi connectivity index (χ3v) is 4.27. The lowest BCUT2D eigenvalue weighted by molar-refractivity contribution is -0.157. The van der Waals surface area contributed by atoms with E-state index in [0.717, 1.165) is 17.0 Å². The smallest absolute Gasteiger partial charge is 0.343 e. The lowest BCUT2D eigenvalue weighted by Crippen LogP contribution is -2.29. The summed E-state index contributed by atoms with van der Waals surface area (Å²) in [7, 11) is 0. The minimum absolute atomic E-state index is 0.0210. The van der Waals surface area contributed by atoms with Gasteiger partial charge in [0.05, 0.1) is 36.3 Å². The van der Waals surface area contributed by atoms with Crippen molar-refractivity contribution in [1.29, 1.82) is 0 Å². The van der Waals surface area contributed by atoms with Gasteiger partial charge in [-0.05, 0) is 26.8 Å². The van der Waals surface area contributed by atoms with Crippen molar-refractivity contribution in [2.75, 3.05) is 19.8 Å². The minimum atomic E-state index is -2.05. The van der Waals surface area contributed by atoms with Crippen LogP contribution in [0.25, 0.3) is 17.1 Å². The lowest BCUT2D eigenvalue weighted by Gasteiger charge is -2.18. The zero-order valence-corrected chi connectivity index (χ0v) is 17.2. The molecule has 166 valence electrons. The second kappa shape index (κ2) is 9.96. The molecule has 2 rings (SSSR count). The summed E-state index contributed by atoms with van der Waals surface area (Å²) in [4.78, 5) is 49.4. The summed E-state index contributed by atoms with van der Waals surface area (Å²) >= 11 is 0. The Morgan fingerprint density at radius 2 is 1.61 bits per heavy atom. The molecule has 0 radical (unpaired) electrons. The van der Waals surface area contributed by atoms with Gasteiger partial charge in [-0.1, -0.05) is 6.58 Å². The van der Waals surface area contributed by atoms with Gasteiger partial charge in [0.2, 0.25) is 5.43 Å². The fraction of sp³-hybridized carbons (Fsp3) is 0.333. The number of nitrogens with zero attached hydrogens (tertiary/aromatic N) is 1. The Bertz CT molecular complexity index is 1090. The Hall–Kier alpha value is -3.56. The topological polar surface area (TPSA) is 101 Å². The van der Waals surface area contributed by atoms with Crippen LogP contribution < -0.4 is 5.43 Å². The van der Waals surface area contributed by atoms with E-state index in [9.17, 15) is 23.6 Å². The summed E-state index contributed by atoms with van der Waals surface area (Å²) in [5.41, 5.74) is -2.88. The minimum Gasteiger partial charge on any atom is -0.465 e. The molecule has 8 nitrogen and oxygen atoms in total. The second-order valence-electron chi connectivity index (χ2n) is 6.10. The molecule has 0 aliphatic carbocycles. The van der Waals surface area contributed by atoms with Crippen molar-refractivity contribution in [1.82, 2.24) is 4.57 Å². The number of hydrogen-bond donors (Lipinski definition) is 0. The quantitative estimate of drug-likeness (QED) is 0.356. The Balaban J connectivity index is 2.89. The average Bonchev–Trinajstić information content (AvgIpc) is 2.72. The third kappa shape index (κ3) is 4.47. The van der Waals surface area contributed by atoms with Gasteiger partial charge in [-0.3, -0.25) is 14.4 Å². The number of fused-ring (bicyclic) bond motifs is 1. The van der Waals surface area contributed by atoms with Crippen LogP contribution in [0.1, 0.15) is 42.6 Å². The number of esters is 3. The number of pyridine rings is 1. The van der Waals surface area contributed by atoms with Gasteiger partial charge < -0.3 is 18.8 Å². The molecule has 0 aliphatic heterocycles. The molecule has 0 aliphatic rings. The van der Waals surface area contributed by atoms with Gasteiger partial charge in [0.15, 0.2) is 11.7 Å². The zero-order valence-electron chi connectivity index (χ0n) is 17.2. The highest BCUT2D eigenvalue weighted by Crippen LogP contribution is 2.31. The summed E-state index contributed by atoms with van der Waals surface area (Å²) in [6, 6.07) is 0.643. The van der Waals surface area contributed by atoms with Crippen LogP contribution in [0, 0.1) is 11.6 Å². The molecule has 31 heavy (non-hydrogen) atoms. The van der Waals surface area contributed by atoms with E-state index in [2.05, 4.69) is 6.58 Å². The highest BCUT2D eigenvalue weighted by molar-refractivity contribution is 6.02. The molecule has 1 aromatic carbocycles. The number of carbonyl (C=O) groups excluding carboxylic acids is 3. The first-order chi connectivity index (χ1) is 14.7. The number of ether oxygens (including phenoxy) is 3. The average molecular weight is 437 g/mol. The Kier molecular flexibility index (Phi) is 7.62. The van der Waals surface area contributed by atoms with Crippen LogP contribution in [0.4, 0.5) is 8.78 Å². The van der Waals surface area contributed by atoms with Crippen molar-refractivity contribution in [3.63, 3.8) is 0 Å². The van der Waals surface area contributed by atoms with Crippen LogP contribution in [0.15, 0.2) is 23.6 Å². The Labute approximate surface area is 176 Å². The maximum atomic E-state index is 15.5. The van der Waals surface area contributed by atoms with E-state index in [0.29, 0.717) is 6.07 Å². The molecule has 10 heteroatoms. The monoisotopic (exact) mass is 437 g/mol. The second-order valence-corrected chi connectivity index (χ2v) is 6.10. The predicted octanol–water partition coefficient (Wildman–Crippen LogP) is 2.77. The molecular weight excluding hydrogens is 416 g/mol. The summed E-state index contributed by atoms with van der Waals surface area (Å²) in [6.45, 7) is 7.62. The van der Waals surface area contributed by atoms with E-state index in [1.165, 1.54) is 20.8 Å². The molecule has 0 amide bonds. The largest absolute Gasteiger partial charge is 0.465 e. The molecule has 0 bridgehead atoms. The molecule has 0 saturated heterocycles. The summed E-state index contributed by atoms with van der Waals surface area (Å²) in [6.07, 6.45) is 2.04. The first-order valence-corrected chi connectivity index (χ1v) is 9.42. The zero-order chi connectivity index (χ0) is 23.3. The summed E-state index contributed by atoms with van der Waals surface area (Å²) in [5.74, 6) is -8.19. The maximum absolute atomic E-state index is 15.5. The Morgan fingerprint density at radius 3 is 2.10 bits per heavy atom. The van der Waals surface area contributed by atoms with Crippen LogP contribution in [0.3, 0.4) is 0 Å². The van der Waals surface area contributed by atoms with Gasteiger partial charge in [0.1, 0.15) is 11.4 Å². The fourth-order valence-corrected chi connectivity index (χ4v) is 3.00. The highest BCUT2D eigenvalue weighted by Gasteiger charge is 2.38. The molecule has 1 aromatic heterocycles. The standard InChI is InChI=1S/C21H21F2NO7/c1-5-24-10-12(19(26)29-6-2)18(25)11-9-13(22)14(16(23)17(11)24)15(20(27)30-7-3)21(28)31-8-4/h5,9-10,15H,1,6-8H2,2-4H3. The molecule has 0 atom stereocenters. The summed E-state index contributed by atoms with van der Waals surface area (Å²) < 4.78 is 45.8. The predicted molar refractivity (Wildman–Crippen MR) is 106 cm³/mol. The maximum Gasteiger partial charge on any atom is 0.343 e. The van der Waals surface area contributed by atoms with Gasteiger partial charge in [-0.2, -0.15) is 0 Å². The van der Waals surface area contributed by atoms with Crippen LogP contribution in [-0.2, 0) is 23.8 Å². The normalized spacial score (nSPS) is 10.8. The number of hydrogen-bond acceptors (Lipinski definition) is 7. The number of benzene rings is 1. The number of halogens is 2. The van der Waals surface area contributed by atoms with Gasteiger partial charge in [0.25, 0.3) is 0 Å². The van der Waals surface area contributed by atoms with Gasteiger partial charge >= 0.3 is 17.9 Å². The molecule has 0 spiro atoms. The molecule has 0 N–H and O–H groups in total. The van der Waals surface area contributed by atoms with Crippen LogP contribution in [-0.4, -0.2) is 42.3 Å². The van der Waals surface area contributed by atoms with E-state index < -0.39 is 62.9 Å². The van der Waals surface area contributed by atoms with E-state index in [4.69, 9.17) is 14.2 Å². The van der Waals surface area contributed by atoms with Crippen LogP contribution in [0.2, 0.25) is 0 Å². The number of carbonyl (C=O) groups is 3. The van der Waals surface area contributed by atoms with Crippen molar-refractivity contribution in [3.05, 3.63) is 51.8 Å².